The van der Waals surface area contributed by atoms with E-state index in [4.69, 9.17) is 10.9 Å². The average molecular weight is 277 g/mol. The molecule has 0 aromatic carbocycles. The van der Waals surface area contributed by atoms with Crippen molar-refractivity contribution in [3.8, 4) is 0 Å². The summed E-state index contributed by atoms with van der Waals surface area (Å²) in [6.07, 6.45) is 3.60. The fourth-order valence-electron chi connectivity index (χ4n) is 1.78. The standard InChI is InChI=1S/C12H15N5OS/c1-7-6-9(19-12-14-4-5-17(12)3)10(8(2)15-7)11(13)16-18/h4-6,18H,1-3H3,(H2,13,16). The van der Waals surface area contributed by atoms with E-state index in [9.17, 15) is 0 Å². The van der Waals surface area contributed by atoms with E-state index in [1.54, 1.807) is 6.20 Å². The van der Waals surface area contributed by atoms with Crippen molar-refractivity contribution in [2.75, 3.05) is 0 Å². The van der Waals surface area contributed by atoms with Crippen LogP contribution in [0.2, 0.25) is 0 Å². The van der Waals surface area contributed by atoms with Gasteiger partial charge in [-0.05, 0) is 19.9 Å². The van der Waals surface area contributed by atoms with Gasteiger partial charge in [-0.2, -0.15) is 0 Å². The number of hydrogen-bond acceptors (Lipinski definition) is 5. The first kappa shape index (κ1) is 13.4. The van der Waals surface area contributed by atoms with Gasteiger partial charge in [0.15, 0.2) is 11.0 Å². The maximum atomic E-state index is 8.89. The molecule has 0 fully saturated rings. The van der Waals surface area contributed by atoms with Crippen LogP contribution in [0, 0.1) is 13.8 Å². The van der Waals surface area contributed by atoms with E-state index in [-0.39, 0.29) is 5.84 Å². The molecule has 0 saturated heterocycles. The van der Waals surface area contributed by atoms with Gasteiger partial charge >= 0.3 is 0 Å². The van der Waals surface area contributed by atoms with Crippen LogP contribution in [0.15, 0.2) is 33.7 Å². The minimum Gasteiger partial charge on any atom is -0.409 e. The summed E-state index contributed by atoms with van der Waals surface area (Å²) < 4.78 is 1.91. The van der Waals surface area contributed by atoms with Crippen molar-refractivity contribution < 1.29 is 5.21 Å². The van der Waals surface area contributed by atoms with Gasteiger partial charge in [-0.1, -0.05) is 16.9 Å². The van der Waals surface area contributed by atoms with Crippen LogP contribution in [-0.2, 0) is 7.05 Å². The average Bonchev–Trinajstić information content (AvgIpc) is 2.73. The van der Waals surface area contributed by atoms with Crippen molar-refractivity contribution in [1.29, 1.82) is 0 Å². The molecule has 100 valence electrons. The first-order chi connectivity index (χ1) is 9.02. The van der Waals surface area contributed by atoms with Crippen molar-refractivity contribution in [2.24, 2.45) is 17.9 Å². The smallest absolute Gasteiger partial charge is 0.173 e. The quantitative estimate of drug-likeness (QED) is 0.385. The largest absolute Gasteiger partial charge is 0.409 e. The monoisotopic (exact) mass is 277 g/mol. The van der Waals surface area contributed by atoms with Crippen LogP contribution in [0.3, 0.4) is 0 Å². The summed E-state index contributed by atoms with van der Waals surface area (Å²) >= 11 is 1.46. The molecule has 0 amide bonds. The highest BCUT2D eigenvalue weighted by Crippen LogP contribution is 2.30. The van der Waals surface area contributed by atoms with E-state index >= 15 is 0 Å². The molecule has 2 aromatic heterocycles. The van der Waals surface area contributed by atoms with Crippen LogP contribution in [-0.4, -0.2) is 25.6 Å². The summed E-state index contributed by atoms with van der Waals surface area (Å²) in [7, 11) is 1.92. The number of aromatic nitrogens is 3. The number of oxime groups is 1. The minimum absolute atomic E-state index is 0.0571. The maximum Gasteiger partial charge on any atom is 0.173 e. The van der Waals surface area contributed by atoms with Gasteiger partial charge < -0.3 is 15.5 Å². The topological polar surface area (TPSA) is 89.3 Å². The molecule has 0 aliphatic rings. The molecule has 0 bridgehead atoms. The normalized spacial score (nSPS) is 11.8. The number of nitrogens with two attached hydrogens (primary N) is 1. The molecule has 0 aliphatic heterocycles. The van der Waals surface area contributed by atoms with Crippen molar-refractivity contribution in [2.45, 2.75) is 23.9 Å². The lowest BCUT2D eigenvalue weighted by atomic mass is 10.1. The maximum absolute atomic E-state index is 8.89. The molecule has 7 heteroatoms. The molecule has 3 N–H and O–H groups in total. The molecule has 2 rings (SSSR count). The number of rotatable bonds is 3. The van der Waals surface area contributed by atoms with Crippen LogP contribution in [0.25, 0.3) is 0 Å². The predicted molar refractivity (Wildman–Crippen MR) is 73.6 cm³/mol. The number of nitrogens with zero attached hydrogens (tertiary/aromatic N) is 4. The Hall–Kier alpha value is -2.02. The number of imidazole rings is 1. The van der Waals surface area contributed by atoms with Gasteiger partial charge in [0.2, 0.25) is 0 Å². The lowest BCUT2D eigenvalue weighted by molar-refractivity contribution is 0.318. The second-order valence-corrected chi connectivity index (χ2v) is 5.14. The Bertz CT molecular complexity index is 635. The lowest BCUT2D eigenvalue weighted by Gasteiger charge is -2.11. The third-order valence-electron chi connectivity index (χ3n) is 2.63. The second-order valence-electron chi connectivity index (χ2n) is 4.13. The van der Waals surface area contributed by atoms with Crippen molar-refractivity contribution in [3.05, 3.63) is 35.4 Å². The molecule has 6 nitrogen and oxygen atoms in total. The summed E-state index contributed by atoms with van der Waals surface area (Å²) in [5.41, 5.74) is 7.98. The van der Waals surface area contributed by atoms with Crippen molar-refractivity contribution >= 4 is 17.6 Å². The van der Waals surface area contributed by atoms with Crippen molar-refractivity contribution in [1.82, 2.24) is 14.5 Å². The molecule has 0 unspecified atom stereocenters. The molecule has 2 aromatic rings. The zero-order chi connectivity index (χ0) is 14.0. The molecule has 0 radical (unpaired) electrons. The molecule has 0 spiro atoms. The van der Waals surface area contributed by atoms with E-state index in [2.05, 4.69) is 15.1 Å². The number of pyridine rings is 1. The fraction of sp³-hybridized carbons (Fsp3) is 0.250. The Morgan fingerprint density at radius 1 is 1.47 bits per heavy atom. The van der Waals surface area contributed by atoms with E-state index in [1.807, 2.05) is 37.7 Å². The molecule has 0 aliphatic carbocycles. The van der Waals surface area contributed by atoms with Crippen molar-refractivity contribution in [3.63, 3.8) is 0 Å². The fourth-order valence-corrected chi connectivity index (χ4v) is 2.88. The van der Waals surface area contributed by atoms with Gasteiger partial charge in [-0.25, -0.2) is 4.98 Å². The van der Waals surface area contributed by atoms with Gasteiger partial charge in [0.25, 0.3) is 0 Å². The Morgan fingerprint density at radius 3 is 2.79 bits per heavy atom. The highest BCUT2D eigenvalue weighted by atomic mass is 32.2. The number of amidine groups is 1. The Morgan fingerprint density at radius 2 is 2.21 bits per heavy atom. The molecule has 19 heavy (non-hydrogen) atoms. The van der Waals surface area contributed by atoms with Gasteiger partial charge in [0, 0.05) is 35.7 Å². The number of hydrogen-bond donors (Lipinski definition) is 2. The zero-order valence-electron chi connectivity index (χ0n) is 11.0. The van der Waals surface area contributed by atoms with Crippen LogP contribution in [0.5, 0.6) is 0 Å². The Balaban J connectivity index is 2.52. The Kier molecular flexibility index (Phi) is 3.75. The van der Waals surface area contributed by atoms with Gasteiger partial charge in [-0.15, -0.1) is 0 Å². The molecule has 2 heterocycles. The summed E-state index contributed by atoms with van der Waals surface area (Å²) in [6.45, 7) is 3.74. The van der Waals surface area contributed by atoms with E-state index in [1.165, 1.54) is 11.8 Å². The molecule has 0 saturated carbocycles. The zero-order valence-corrected chi connectivity index (χ0v) is 11.8. The van der Waals surface area contributed by atoms with Gasteiger partial charge in [0.05, 0.1) is 5.56 Å². The third kappa shape index (κ3) is 2.70. The second kappa shape index (κ2) is 5.31. The third-order valence-corrected chi connectivity index (χ3v) is 3.75. The predicted octanol–water partition coefficient (Wildman–Crippen LogP) is 1.68. The van der Waals surface area contributed by atoms with Crippen LogP contribution >= 0.6 is 11.8 Å². The van der Waals surface area contributed by atoms with Gasteiger partial charge in [-0.3, -0.25) is 4.98 Å². The molecular formula is C12H15N5OS. The summed E-state index contributed by atoms with van der Waals surface area (Å²) in [5.74, 6) is 0.0571. The highest BCUT2D eigenvalue weighted by Gasteiger charge is 2.15. The first-order valence-electron chi connectivity index (χ1n) is 5.64. The SMILES string of the molecule is Cc1cc(Sc2nccn2C)c(/C(N)=N/O)c(C)n1. The number of aryl methyl sites for hydroxylation is 3. The molecule has 0 atom stereocenters. The van der Waals surface area contributed by atoms with Crippen LogP contribution < -0.4 is 5.73 Å². The highest BCUT2D eigenvalue weighted by molar-refractivity contribution is 7.99. The van der Waals surface area contributed by atoms with E-state index in [0.717, 1.165) is 21.4 Å². The summed E-state index contributed by atoms with van der Waals surface area (Å²) in [6, 6.07) is 1.90. The van der Waals surface area contributed by atoms with Crippen LogP contribution in [0.1, 0.15) is 17.0 Å². The van der Waals surface area contributed by atoms with Crippen LogP contribution in [0.4, 0.5) is 0 Å². The summed E-state index contributed by atoms with van der Waals surface area (Å²) in [4.78, 5) is 9.47. The first-order valence-corrected chi connectivity index (χ1v) is 6.46. The Labute approximate surface area is 115 Å². The minimum atomic E-state index is 0.0571. The van der Waals surface area contributed by atoms with E-state index in [0.29, 0.717) is 5.56 Å². The summed E-state index contributed by atoms with van der Waals surface area (Å²) in [5, 5.41) is 12.8. The lowest BCUT2D eigenvalue weighted by Crippen LogP contribution is -2.17. The molecular weight excluding hydrogens is 262 g/mol. The van der Waals surface area contributed by atoms with Gasteiger partial charge in [0.1, 0.15) is 0 Å². The van der Waals surface area contributed by atoms with E-state index < -0.39 is 0 Å².